The highest BCUT2D eigenvalue weighted by molar-refractivity contribution is 5.92. The van der Waals surface area contributed by atoms with E-state index in [1.54, 1.807) is 0 Å². The van der Waals surface area contributed by atoms with Crippen LogP contribution in [0.15, 0.2) is 0 Å². The zero-order chi connectivity index (χ0) is 18.0. The molecule has 0 radical (unpaired) electrons. The second-order valence-electron chi connectivity index (χ2n) is 9.81. The summed E-state index contributed by atoms with van der Waals surface area (Å²) in [5.41, 5.74) is -2.12. The van der Waals surface area contributed by atoms with Crippen LogP contribution in [0.1, 0.15) is 71.6 Å². The van der Waals surface area contributed by atoms with E-state index in [0.29, 0.717) is 24.7 Å². The van der Waals surface area contributed by atoms with Crippen molar-refractivity contribution in [3.63, 3.8) is 0 Å². The van der Waals surface area contributed by atoms with Gasteiger partial charge >= 0.3 is 0 Å². The van der Waals surface area contributed by atoms with E-state index >= 15 is 0 Å². The average molecular weight is 348 g/mol. The lowest BCUT2D eigenvalue weighted by molar-refractivity contribution is -0.177. The molecule has 4 nitrogen and oxygen atoms in total. The summed E-state index contributed by atoms with van der Waals surface area (Å²) in [4.78, 5) is 25.7. The molecule has 0 aliphatic heterocycles. The molecule has 0 aromatic carbocycles. The maximum absolute atomic E-state index is 13.4. The minimum atomic E-state index is -1.53. The van der Waals surface area contributed by atoms with Gasteiger partial charge in [-0.2, -0.15) is 0 Å². The Morgan fingerprint density at radius 2 is 1.88 bits per heavy atom. The van der Waals surface area contributed by atoms with Gasteiger partial charge in [-0.25, -0.2) is 0 Å². The van der Waals surface area contributed by atoms with Crippen molar-refractivity contribution in [2.45, 2.75) is 77.2 Å². The zero-order valence-corrected chi connectivity index (χ0v) is 15.6. The van der Waals surface area contributed by atoms with Gasteiger partial charge in [0.15, 0.2) is 5.78 Å². The topological polar surface area (TPSA) is 74.6 Å². The molecule has 7 atom stereocenters. The number of aliphatic hydroxyl groups is 2. The van der Waals surface area contributed by atoms with E-state index in [2.05, 4.69) is 6.92 Å². The molecule has 4 saturated carbocycles. The van der Waals surface area contributed by atoms with Gasteiger partial charge in [-0.1, -0.05) is 26.7 Å². The van der Waals surface area contributed by atoms with Crippen LogP contribution in [0.2, 0.25) is 0 Å². The van der Waals surface area contributed by atoms with Gasteiger partial charge < -0.3 is 10.2 Å². The van der Waals surface area contributed by atoms with Crippen molar-refractivity contribution >= 4 is 11.6 Å². The summed E-state index contributed by atoms with van der Waals surface area (Å²) in [5, 5.41) is 20.5. The van der Waals surface area contributed by atoms with Gasteiger partial charge in [-0.3, -0.25) is 9.59 Å². The van der Waals surface area contributed by atoms with Gasteiger partial charge in [0.1, 0.15) is 18.0 Å². The summed E-state index contributed by atoms with van der Waals surface area (Å²) in [6.07, 6.45) is 8.64. The third-order valence-electron chi connectivity index (χ3n) is 9.03. The Bertz CT molecular complexity index is 601. The highest BCUT2D eigenvalue weighted by atomic mass is 16.3. The zero-order valence-electron chi connectivity index (χ0n) is 15.6. The van der Waals surface area contributed by atoms with Gasteiger partial charge in [-0.15, -0.1) is 0 Å². The normalized spacial score (nSPS) is 52.2. The summed E-state index contributed by atoms with van der Waals surface area (Å²) in [7, 11) is 0. The van der Waals surface area contributed by atoms with Gasteiger partial charge in [0.2, 0.25) is 0 Å². The first kappa shape index (κ1) is 17.7. The molecule has 0 heterocycles. The van der Waals surface area contributed by atoms with E-state index in [1.165, 1.54) is 25.7 Å². The van der Waals surface area contributed by atoms with Gasteiger partial charge in [0.25, 0.3) is 0 Å². The molecule has 0 amide bonds. The third kappa shape index (κ3) is 2.13. The Morgan fingerprint density at radius 1 is 1.12 bits per heavy atom. The molecule has 4 fully saturated rings. The molecule has 0 aromatic heterocycles. The Morgan fingerprint density at radius 3 is 2.60 bits per heavy atom. The van der Waals surface area contributed by atoms with Crippen LogP contribution in [0, 0.1) is 34.5 Å². The Labute approximate surface area is 150 Å². The van der Waals surface area contributed by atoms with E-state index in [-0.39, 0.29) is 23.0 Å². The molecule has 2 N–H and O–H groups in total. The molecule has 25 heavy (non-hydrogen) atoms. The number of ketones is 2. The molecular formula is C21H32O4. The van der Waals surface area contributed by atoms with Crippen molar-refractivity contribution in [3.05, 3.63) is 0 Å². The largest absolute Gasteiger partial charge is 0.388 e. The average Bonchev–Trinajstić information content (AvgIpc) is 2.85. The lowest BCUT2D eigenvalue weighted by atomic mass is 9.44. The number of rotatable bonds is 2. The first-order valence-electron chi connectivity index (χ1n) is 10.2. The SMILES string of the molecule is C[C@]12CCCC[C@@H]1CC[C@@H]1[C@@H]2C(=O)C[C@@]2(C)[C@H]1CC[C@]2(O)C(=O)CO. The number of carbonyl (C=O) groups excluding carboxylic acids is 2. The molecule has 140 valence electrons. The van der Waals surface area contributed by atoms with Gasteiger partial charge in [-0.05, 0) is 61.7 Å². The fourth-order valence-corrected chi connectivity index (χ4v) is 7.70. The van der Waals surface area contributed by atoms with Crippen molar-refractivity contribution in [1.82, 2.24) is 0 Å². The number of hydrogen-bond acceptors (Lipinski definition) is 4. The van der Waals surface area contributed by atoms with Gasteiger partial charge in [0, 0.05) is 17.8 Å². The van der Waals surface area contributed by atoms with Crippen molar-refractivity contribution in [1.29, 1.82) is 0 Å². The molecule has 0 aromatic rings. The number of Topliss-reactive ketones (excluding diaryl/α,β-unsaturated/α-hetero) is 2. The predicted octanol–water partition coefficient (Wildman–Crippen LogP) is 2.89. The Balaban J connectivity index is 1.72. The van der Waals surface area contributed by atoms with Crippen LogP contribution in [0.4, 0.5) is 0 Å². The van der Waals surface area contributed by atoms with Crippen LogP contribution in [0.3, 0.4) is 0 Å². The lowest BCUT2D eigenvalue weighted by Gasteiger charge is -2.60. The molecular weight excluding hydrogens is 316 g/mol. The molecule has 0 saturated heterocycles. The number of aliphatic hydroxyl groups excluding tert-OH is 1. The molecule has 4 aliphatic carbocycles. The number of fused-ring (bicyclic) bond motifs is 5. The first-order chi connectivity index (χ1) is 11.8. The summed E-state index contributed by atoms with van der Waals surface area (Å²) in [6.45, 7) is 3.64. The van der Waals surface area contributed by atoms with E-state index in [1.807, 2.05) is 6.92 Å². The highest BCUT2D eigenvalue weighted by Crippen LogP contribution is 2.67. The molecule has 0 bridgehead atoms. The van der Waals surface area contributed by atoms with E-state index < -0.39 is 23.4 Å². The van der Waals surface area contributed by atoms with Crippen LogP contribution in [-0.4, -0.2) is 34.0 Å². The van der Waals surface area contributed by atoms with Crippen LogP contribution in [0.25, 0.3) is 0 Å². The van der Waals surface area contributed by atoms with E-state index in [9.17, 15) is 19.8 Å². The minimum absolute atomic E-state index is 0.108. The summed E-state index contributed by atoms with van der Waals surface area (Å²) in [6, 6.07) is 0. The second kappa shape index (κ2) is 5.63. The fraction of sp³-hybridized carbons (Fsp3) is 0.905. The first-order valence-corrected chi connectivity index (χ1v) is 10.2. The maximum atomic E-state index is 13.4. The van der Waals surface area contributed by atoms with Crippen molar-refractivity contribution < 1.29 is 19.8 Å². The Hall–Kier alpha value is -0.740. The fourth-order valence-electron chi connectivity index (χ4n) is 7.70. The quantitative estimate of drug-likeness (QED) is 0.805. The maximum Gasteiger partial charge on any atom is 0.190 e. The Kier molecular flexibility index (Phi) is 3.98. The van der Waals surface area contributed by atoms with Gasteiger partial charge in [0.05, 0.1) is 0 Å². The van der Waals surface area contributed by atoms with Crippen molar-refractivity contribution in [3.8, 4) is 0 Å². The van der Waals surface area contributed by atoms with Crippen LogP contribution in [-0.2, 0) is 9.59 Å². The summed E-state index contributed by atoms with van der Waals surface area (Å²) < 4.78 is 0. The highest BCUT2D eigenvalue weighted by Gasteiger charge is 2.68. The second-order valence-corrected chi connectivity index (χ2v) is 9.81. The van der Waals surface area contributed by atoms with E-state index in [0.717, 1.165) is 19.3 Å². The summed E-state index contributed by atoms with van der Waals surface area (Å²) in [5.74, 6) is 1.05. The van der Waals surface area contributed by atoms with Crippen molar-refractivity contribution in [2.24, 2.45) is 34.5 Å². The summed E-state index contributed by atoms with van der Waals surface area (Å²) >= 11 is 0. The number of carbonyl (C=O) groups is 2. The molecule has 0 spiro atoms. The lowest BCUT2D eigenvalue weighted by Crippen LogP contribution is -2.61. The molecule has 4 rings (SSSR count). The standard InChI is InChI=1S/C21H32O4/c1-19-9-4-3-5-13(19)6-7-14-15-8-10-21(25,17(24)12-22)20(15,2)11-16(23)18(14)19/h13-15,18,22,25H,3-12H2,1-2H3/t13-,14+,15+,18-,19+,20+,21+/m1/s1. The molecule has 4 aliphatic rings. The molecule has 0 unspecified atom stereocenters. The predicted molar refractivity (Wildman–Crippen MR) is 93.8 cm³/mol. The van der Waals surface area contributed by atoms with Crippen LogP contribution in [0.5, 0.6) is 0 Å². The third-order valence-corrected chi connectivity index (χ3v) is 9.03. The van der Waals surface area contributed by atoms with E-state index in [4.69, 9.17) is 0 Å². The van der Waals surface area contributed by atoms with Crippen LogP contribution >= 0.6 is 0 Å². The monoisotopic (exact) mass is 348 g/mol. The smallest absolute Gasteiger partial charge is 0.190 e. The minimum Gasteiger partial charge on any atom is -0.388 e. The van der Waals surface area contributed by atoms with Crippen LogP contribution < -0.4 is 0 Å². The molecule has 4 heteroatoms. The number of hydrogen-bond donors (Lipinski definition) is 2. The van der Waals surface area contributed by atoms with Crippen molar-refractivity contribution in [2.75, 3.05) is 6.61 Å².